The van der Waals surface area contributed by atoms with Crippen molar-refractivity contribution in [1.29, 1.82) is 0 Å². The Labute approximate surface area is 163 Å². The van der Waals surface area contributed by atoms with Gasteiger partial charge in [-0.15, -0.1) is 0 Å². The van der Waals surface area contributed by atoms with Crippen molar-refractivity contribution in [3.05, 3.63) is 95.3 Å². The zero-order valence-corrected chi connectivity index (χ0v) is 14.8. The summed E-state index contributed by atoms with van der Waals surface area (Å²) in [7, 11) is 0. The Kier molecular flexibility index (Phi) is 5.63. The predicted molar refractivity (Wildman–Crippen MR) is 100 cm³/mol. The summed E-state index contributed by atoms with van der Waals surface area (Å²) in [5.41, 5.74) is 0.00238. The Bertz CT molecular complexity index is 1030. The highest BCUT2D eigenvalue weighted by Crippen LogP contribution is 2.30. The molecule has 2 N–H and O–H groups in total. The van der Waals surface area contributed by atoms with Crippen LogP contribution in [-0.4, -0.2) is 11.8 Å². The van der Waals surface area contributed by atoms with Crippen molar-refractivity contribution in [2.24, 2.45) is 0 Å². The Balaban J connectivity index is 1.66. The Morgan fingerprint density at radius 2 is 1.21 bits per heavy atom. The van der Waals surface area contributed by atoms with Crippen molar-refractivity contribution < 1.29 is 27.2 Å². The maximum Gasteiger partial charge on any atom is 0.416 e. The van der Waals surface area contributed by atoms with Gasteiger partial charge in [-0.25, -0.2) is 4.39 Å². The van der Waals surface area contributed by atoms with Crippen LogP contribution in [0.3, 0.4) is 0 Å². The summed E-state index contributed by atoms with van der Waals surface area (Å²) in [5, 5.41) is 5.00. The van der Waals surface area contributed by atoms with Crippen LogP contribution in [0.15, 0.2) is 72.8 Å². The third kappa shape index (κ3) is 5.19. The number of hydrogen-bond acceptors (Lipinski definition) is 2. The summed E-state index contributed by atoms with van der Waals surface area (Å²) in [5.74, 6) is -1.51. The fourth-order valence-electron chi connectivity index (χ4n) is 2.49. The first-order chi connectivity index (χ1) is 13.7. The highest BCUT2D eigenvalue weighted by molar-refractivity contribution is 6.06. The van der Waals surface area contributed by atoms with Crippen molar-refractivity contribution in [3.63, 3.8) is 0 Å². The predicted octanol–water partition coefficient (Wildman–Crippen LogP) is 5.35. The standard InChI is InChI=1S/C21H14F4N2O2/c22-16-8-4-13(5-9-16)19(28)26-17-10-6-14(7-11-17)20(29)27-18-3-1-2-15(12-18)21(23,24)25/h1-12H,(H,26,28)(H,27,29). The number of halogens is 4. The van der Waals surface area contributed by atoms with E-state index in [1.807, 2.05) is 0 Å². The number of hydrogen-bond donors (Lipinski definition) is 2. The lowest BCUT2D eigenvalue weighted by molar-refractivity contribution is -0.137. The van der Waals surface area contributed by atoms with Gasteiger partial charge in [0.15, 0.2) is 0 Å². The molecule has 0 unspecified atom stereocenters. The normalized spacial score (nSPS) is 11.0. The average Bonchev–Trinajstić information content (AvgIpc) is 2.68. The van der Waals surface area contributed by atoms with Crippen molar-refractivity contribution in [1.82, 2.24) is 0 Å². The third-order valence-electron chi connectivity index (χ3n) is 3.96. The van der Waals surface area contributed by atoms with E-state index in [9.17, 15) is 27.2 Å². The number of carbonyl (C=O) groups is 2. The molecule has 8 heteroatoms. The van der Waals surface area contributed by atoms with Crippen LogP contribution in [0.5, 0.6) is 0 Å². The molecule has 29 heavy (non-hydrogen) atoms. The number of benzene rings is 3. The monoisotopic (exact) mass is 402 g/mol. The van der Waals surface area contributed by atoms with Gasteiger partial charge in [0, 0.05) is 22.5 Å². The van der Waals surface area contributed by atoms with E-state index in [1.165, 1.54) is 48.5 Å². The van der Waals surface area contributed by atoms with Gasteiger partial charge in [0.05, 0.1) is 5.56 Å². The van der Waals surface area contributed by atoms with Crippen LogP contribution in [0.1, 0.15) is 26.3 Å². The smallest absolute Gasteiger partial charge is 0.322 e. The fraction of sp³-hybridized carbons (Fsp3) is 0.0476. The molecule has 0 saturated carbocycles. The minimum Gasteiger partial charge on any atom is -0.322 e. The lowest BCUT2D eigenvalue weighted by atomic mass is 10.1. The highest BCUT2D eigenvalue weighted by Gasteiger charge is 2.30. The van der Waals surface area contributed by atoms with Crippen LogP contribution in [0.4, 0.5) is 28.9 Å². The molecule has 0 spiro atoms. The molecule has 148 valence electrons. The number of amides is 2. The van der Waals surface area contributed by atoms with Gasteiger partial charge in [-0.2, -0.15) is 13.2 Å². The van der Waals surface area contributed by atoms with Gasteiger partial charge >= 0.3 is 6.18 Å². The van der Waals surface area contributed by atoms with E-state index in [0.717, 1.165) is 24.3 Å². The number of nitrogens with one attached hydrogen (secondary N) is 2. The van der Waals surface area contributed by atoms with Crippen molar-refractivity contribution in [2.75, 3.05) is 10.6 Å². The third-order valence-corrected chi connectivity index (χ3v) is 3.96. The molecule has 0 aliphatic carbocycles. The fourth-order valence-corrected chi connectivity index (χ4v) is 2.49. The number of rotatable bonds is 4. The lowest BCUT2D eigenvalue weighted by Gasteiger charge is -2.10. The van der Waals surface area contributed by atoms with Crippen molar-refractivity contribution >= 4 is 23.2 Å². The van der Waals surface area contributed by atoms with Crippen LogP contribution < -0.4 is 10.6 Å². The maximum atomic E-state index is 12.9. The summed E-state index contributed by atoms with van der Waals surface area (Å²) >= 11 is 0. The second-order valence-electron chi connectivity index (χ2n) is 6.07. The van der Waals surface area contributed by atoms with E-state index < -0.39 is 29.4 Å². The molecule has 0 fully saturated rings. The van der Waals surface area contributed by atoms with Gasteiger partial charge in [-0.3, -0.25) is 9.59 Å². The van der Waals surface area contributed by atoms with Crippen LogP contribution >= 0.6 is 0 Å². The zero-order chi connectivity index (χ0) is 21.0. The topological polar surface area (TPSA) is 58.2 Å². The SMILES string of the molecule is O=C(Nc1ccc(C(=O)Nc2cccc(C(F)(F)F)c2)cc1)c1ccc(F)cc1. The Morgan fingerprint density at radius 1 is 0.690 bits per heavy atom. The molecule has 0 aliphatic heterocycles. The molecular weight excluding hydrogens is 388 g/mol. The van der Waals surface area contributed by atoms with Gasteiger partial charge in [0.25, 0.3) is 11.8 Å². The van der Waals surface area contributed by atoms with E-state index in [1.54, 1.807) is 0 Å². The van der Waals surface area contributed by atoms with Gasteiger partial charge in [-0.05, 0) is 66.7 Å². The zero-order valence-electron chi connectivity index (χ0n) is 14.8. The number of anilines is 2. The van der Waals surface area contributed by atoms with E-state index in [4.69, 9.17) is 0 Å². The maximum absolute atomic E-state index is 12.9. The molecule has 0 atom stereocenters. The summed E-state index contributed by atoms with van der Waals surface area (Å²) in [4.78, 5) is 24.3. The average molecular weight is 402 g/mol. The first-order valence-corrected chi connectivity index (χ1v) is 8.38. The first-order valence-electron chi connectivity index (χ1n) is 8.38. The molecular formula is C21H14F4N2O2. The molecule has 4 nitrogen and oxygen atoms in total. The summed E-state index contributed by atoms with van der Waals surface area (Å²) in [6.07, 6.45) is -4.51. The molecule has 0 aliphatic rings. The van der Waals surface area contributed by atoms with E-state index in [-0.39, 0.29) is 16.8 Å². The molecule has 3 aromatic carbocycles. The number of alkyl halides is 3. The largest absolute Gasteiger partial charge is 0.416 e. The van der Waals surface area contributed by atoms with Gasteiger partial charge in [0.2, 0.25) is 0 Å². The van der Waals surface area contributed by atoms with Crippen LogP contribution in [0.25, 0.3) is 0 Å². The lowest BCUT2D eigenvalue weighted by Crippen LogP contribution is -2.14. The Hall–Kier alpha value is -3.68. The van der Waals surface area contributed by atoms with Crippen LogP contribution in [0.2, 0.25) is 0 Å². The molecule has 0 aromatic heterocycles. The van der Waals surface area contributed by atoms with E-state index in [0.29, 0.717) is 5.69 Å². The molecule has 0 saturated heterocycles. The van der Waals surface area contributed by atoms with E-state index >= 15 is 0 Å². The van der Waals surface area contributed by atoms with Crippen LogP contribution in [-0.2, 0) is 6.18 Å². The highest BCUT2D eigenvalue weighted by atomic mass is 19.4. The minimum absolute atomic E-state index is 0.0125. The van der Waals surface area contributed by atoms with Gasteiger partial charge in [-0.1, -0.05) is 6.07 Å². The number of carbonyl (C=O) groups excluding carboxylic acids is 2. The van der Waals surface area contributed by atoms with E-state index in [2.05, 4.69) is 10.6 Å². The molecule has 0 heterocycles. The minimum atomic E-state index is -4.51. The second kappa shape index (κ2) is 8.14. The second-order valence-corrected chi connectivity index (χ2v) is 6.07. The van der Waals surface area contributed by atoms with Crippen LogP contribution in [0, 0.1) is 5.82 Å². The van der Waals surface area contributed by atoms with Gasteiger partial charge < -0.3 is 10.6 Å². The molecule has 0 bridgehead atoms. The van der Waals surface area contributed by atoms with Crippen molar-refractivity contribution in [2.45, 2.75) is 6.18 Å². The summed E-state index contributed by atoms with van der Waals surface area (Å²) < 4.78 is 51.2. The molecule has 0 radical (unpaired) electrons. The quantitative estimate of drug-likeness (QED) is 0.578. The van der Waals surface area contributed by atoms with Crippen molar-refractivity contribution in [3.8, 4) is 0 Å². The van der Waals surface area contributed by atoms with Gasteiger partial charge in [0.1, 0.15) is 5.82 Å². The Morgan fingerprint density at radius 3 is 1.76 bits per heavy atom. The molecule has 3 aromatic rings. The summed E-state index contributed by atoms with van der Waals surface area (Å²) in [6.45, 7) is 0. The molecule has 2 amide bonds. The first kappa shape index (κ1) is 20.1. The molecule has 3 rings (SSSR count). The summed E-state index contributed by atoms with van der Waals surface area (Å²) in [6, 6.07) is 15.1.